The molecule has 4 heteroatoms. The molecule has 0 spiro atoms. The molecule has 78 valence electrons. The largest absolute Gasteiger partial charge is 0.322 e. The smallest absolute Gasteiger partial charge is 0.115 e. The predicted octanol–water partition coefficient (Wildman–Crippen LogP) is 2.53. The van der Waals surface area contributed by atoms with E-state index >= 15 is 0 Å². The summed E-state index contributed by atoms with van der Waals surface area (Å²) in [5, 5.41) is 0. The number of aromatic nitrogens is 2. The summed E-state index contributed by atoms with van der Waals surface area (Å²) in [4.78, 5) is 8.12. The minimum atomic E-state index is -0.0348. The first-order valence-electron chi connectivity index (χ1n) is 4.75. The normalized spacial score (nSPS) is 15.6. The van der Waals surface area contributed by atoms with Crippen LogP contribution in [0.2, 0.25) is 0 Å². The lowest BCUT2D eigenvalue weighted by atomic mass is 9.89. The Morgan fingerprint density at radius 2 is 2.00 bits per heavy atom. The number of hydrogen-bond donors (Lipinski definition) is 1. The van der Waals surface area contributed by atoms with Gasteiger partial charge in [-0.2, -0.15) is 0 Å². The number of halogens is 1. The molecule has 1 heterocycles. The van der Waals surface area contributed by atoms with E-state index in [1.165, 1.54) is 6.33 Å². The minimum absolute atomic E-state index is 0.0348. The van der Waals surface area contributed by atoms with Crippen LogP contribution in [0.5, 0.6) is 0 Å². The molecule has 0 aromatic carbocycles. The lowest BCUT2D eigenvalue weighted by molar-refractivity contribution is 0.346. The Hall–Kier alpha value is -0.480. The fourth-order valence-electron chi connectivity index (χ4n) is 1.23. The van der Waals surface area contributed by atoms with E-state index in [0.29, 0.717) is 11.8 Å². The van der Waals surface area contributed by atoms with Crippen LogP contribution in [0.15, 0.2) is 17.0 Å². The Kier molecular flexibility index (Phi) is 4.01. The molecule has 0 radical (unpaired) electrons. The molecule has 2 atom stereocenters. The maximum absolute atomic E-state index is 6.12. The molecule has 3 nitrogen and oxygen atoms in total. The summed E-state index contributed by atoms with van der Waals surface area (Å²) in [6.45, 7) is 6.48. The highest BCUT2D eigenvalue weighted by molar-refractivity contribution is 9.10. The van der Waals surface area contributed by atoms with Crippen molar-refractivity contribution in [3.63, 3.8) is 0 Å². The Balaban J connectivity index is 2.89. The predicted molar refractivity (Wildman–Crippen MR) is 60.7 cm³/mol. The highest BCUT2D eigenvalue weighted by Crippen LogP contribution is 2.27. The SMILES string of the molecule is CC(C)C(C)C(N)c1ncncc1Br. The van der Waals surface area contributed by atoms with Crippen LogP contribution in [0.1, 0.15) is 32.5 Å². The summed E-state index contributed by atoms with van der Waals surface area (Å²) in [7, 11) is 0. The van der Waals surface area contributed by atoms with Gasteiger partial charge in [0.1, 0.15) is 6.33 Å². The highest BCUT2D eigenvalue weighted by atomic mass is 79.9. The zero-order valence-corrected chi connectivity index (χ0v) is 10.3. The van der Waals surface area contributed by atoms with E-state index < -0.39 is 0 Å². The second-order valence-corrected chi connectivity index (χ2v) is 4.74. The summed E-state index contributed by atoms with van der Waals surface area (Å²) < 4.78 is 0.889. The van der Waals surface area contributed by atoms with Crippen molar-refractivity contribution in [3.05, 3.63) is 22.7 Å². The van der Waals surface area contributed by atoms with Crippen molar-refractivity contribution in [2.24, 2.45) is 17.6 Å². The maximum Gasteiger partial charge on any atom is 0.115 e. The van der Waals surface area contributed by atoms with Crippen molar-refractivity contribution in [1.82, 2.24) is 9.97 Å². The van der Waals surface area contributed by atoms with Crippen LogP contribution in [0, 0.1) is 11.8 Å². The van der Waals surface area contributed by atoms with Crippen LogP contribution in [-0.2, 0) is 0 Å². The zero-order chi connectivity index (χ0) is 10.7. The molecule has 0 saturated heterocycles. The zero-order valence-electron chi connectivity index (χ0n) is 8.74. The van der Waals surface area contributed by atoms with Gasteiger partial charge in [-0.25, -0.2) is 9.97 Å². The van der Waals surface area contributed by atoms with Crippen molar-refractivity contribution >= 4 is 15.9 Å². The van der Waals surface area contributed by atoms with Gasteiger partial charge in [0.15, 0.2) is 0 Å². The molecule has 0 fully saturated rings. The third-order valence-electron chi connectivity index (χ3n) is 2.63. The fraction of sp³-hybridized carbons (Fsp3) is 0.600. The lowest BCUT2D eigenvalue weighted by Crippen LogP contribution is -2.24. The van der Waals surface area contributed by atoms with Crippen molar-refractivity contribution in [1.29, 1.82) is 0 Å². The number of nitrogens with zero attached hydrogens (tertiary/aromatic N) is 2. The quantitative estimate of drug-likeness (QED) is 0.906. The first-order chi connectivity index (χ1) is 6.54. The van der Waals surface area contributed by atoms with Gasteiger partial charge in [0.25, 0.3) is 0 Å². The monoisotopic (exact) mass is 257 g/mol. The Morgan fingerprint density at radius 3 is 2.50 bits per heavy atom. The van der Waals surface area contributed by atoms with Crippen molar-refractivity contribution in [2.45, 2.75) is 26.8 Å². The van der Waals surface area contributed by atoms with Crippen molar-refractivity contribution in [3.8, 4) is 0 Å². The van der Waals surface area contributed by atoms with Gasteiger partial charge >= 0.3 is 0 Å². The third-order valence-corrected chi connectivity index (χ3v) is 3.24. The standard InChI is InChI=1S/C10H16BrN3/c1-6(2)7(3)9(12)10-8(11)4-13-5-14-10/h4-7,9H,12H2,1-3H3. The maximum atomic E-state index is 6.12. The van der Waals surface area contributed by atoms with E-state index in [9.17, 15) is 0 Å². The lowest BCUT2D eigenvalue weighted by Gasteiger charge is -2.23. The van der Waals surface area contributed by atoms with Crippen LogP contribution < -0.4 is 5.73 Å². The van der Waals surface area contributed by atoms with Gasteiger partial charge in [0.05, 0.1) is 16.2 Å². The Bertz CT molecular complexity index is 301. The van der Waals surface area contributed by atoms with Gasteiger partial charge in [0.2, 0.25) is 0 Å². The van der Waals surface area contributed by atoms with Crippen molar-refractivity contribution in [2.75, 3.05) is 0 Å². The molecule has 0 aliphatic heterocycles. The van der Waals surface area contributed by atoms with Gasteiger partial charge in [-0.3, -0.25) is 0 Å². The van der Waals surface area contributed by atoms with Crippen LogP contribution in [0.25, 0.3) is 0 Å². The molecule has 0 saturated carbocycles. The summed E-state index contributed by atoms with van der Waals surface area (Å²) in [6, 6.07) is -0.0348. The van der Waals surface area contributed by atoms with Crippen LogP contribution >= 0.6 is 15.9 Å². The molecule has 0 amide bonds. The third kappa shape index (κ3) is 2.51. The number of nitrogens with two attached hydrogens (primary N) is 1. The molecular weight excluding hydrogens is 242 g/mol. The summed E-state index contributed by atoms with van der Waals surface area (Å²) >= 11 is 3.41. The molecule has 1 aromatic heterocycles. The number of hydrogen-bond acceptors (Lipinski definition) is 3. The van der Waals surface area contributed by atoms with Gasteiger partial charge < -0.3 is 5.73 Å². The van der Waals surface area contributed by atoms with Gasteiger partial charge in [-0.1, -0.05) is 20.8 Å². The Labute approximate surface area is 93.3 Å². The van der Waals surface area contributed by atoms with E-state index in [0.717, 1.165) is 10.2 Å². The topological polar surface area (TPSA) is 51.8 Å². The molecule has 0 bridgehead atoms. The second kappa shape index (κ2) is 4.84. The van der Waals surface area contributed by atoms with Crippen molar-refractivity contribution < 1.29 is 0 Å². The van der Waals surface area contributed by atoms with E-state index in [4.69, 9.17) is 5.73 Å². The molecule has 2 unspecified atom stereocenters. The van der Waals surface area contributed by atoms with Gasteiger partial charge in [0, 0.05) is 6.20 Å². The molecule has 14 heavy (non-hydrogen) atoms. The first-order valence-corrected chi connectivity index (χ1v) is 5.54. The Morgan fingerprint density at radius 1 is 1.36 bits per heavy atom. The van der Waals surface area contributed by atoms with Crippen LogP contribution in [0.4, 0.5) is 0 Å². The van der Waals surface area contributed by atoms with E-state index in [1.54, 1.807) is 6.20 Å². The summed E-state index contributed by atoms with van der Waals surface area (Å²) in [5.41, 5.74) is 7.01. The minimum Gasteiger partial charge on any atom is -0.322 e. The van der Waals surface area contributed by atoms with Gasteiger partial charge in [-0.05, 0) is 27.8 Å². The average Bonchev–Trinajstić information content (AvgIpc) is 2.16. The second-order valence-electron chi connectivity index (χ2n) is 3.88. The van der Waals surface area contributed by atoms with E-state index in [-0.39, 0.29) is 6.04 Å². The molecular formula is C10H16BrN3. The molecule has 2 N–H and O–H groups in total. The van der Waals surface area contributed by atoms with Crippen LogP contribution in [-0.4, -0.2) is 9.97 Å². The molecule has 1 aromatic rings. The average molecular weight is 258 g/mol. The highest BCUT2D eigenvalue weighted by Gasteiger charge is 2.20. The van der Waals surface area contributed by atoms with Gasteiger partial charge in [-0.15, -0.1) is 0 Å². The van der Waals surface area contributed by atoms with Crippen LogP contribution in [0.3, 0.4) is 0 Å². The molecule has 0 aliphatic carbocycles. The molecule has 0 aliphatic rings. The summed E-state index contributed by atoms with van der Waals surface area (Å²) in [6.07, 6.45) is 3.27. The summed E-state index contributed by atoms with van der Waals surface area (Å²) in [5.74, 6) is 0.952. The number of rotatable bonds is 3. The molecule has 1 rings (SSSR count). The fourth-order valence-corrected chi connectivity index (χ4v) is 1.72. The first kappa shape index (κ1) is 11.6. The van der Waals surface area contributed by atoms with E-state index in [1.807, 2.05) is 0 Å². The van der Waals surface area contributed by atoms with E-state index in [2.05, 4.69) is 46.7 Å².